The first kappa shape index (κ1) is 19.1. The van der Waals surface area contributed by atoms with Gasteiger partial charge in [0.15, 0.2) is 5.82 Å². The summed E-state index contributed by atoms with van der Waals surface area (Å²) in [4.78, 5) is 15.6. The number of anilines is 4. The van der Waals surface area contributed by atoms with E-state index in [1.165, 1.54) is 13.1 Å². The lowest BCUT2D eigenvalue weighted by molar-refractivity contribution is -0.114. The summed E-state index contributed by atoms with van der Waals surface area (Å²) in [6, 6.07) is 15.2. The van der Waals surface area contributed by atoms with Gasteiger partial charge in [0.1, 0.15) is 5.75 Å². The number of ether oxygens (including phenoxy) is 1. The minimum Gasteiger partial charge on any atom is -0.496 e. The van der Waals surface area contributed by atoms with Gasteiger partial charge in [-0.15, -0.1) is 5.10 Å². The van der Waals surface area contributed by atoms with Crippen molar-refractivity contribution < 1.29 is 9.53 Å². The average molecular weight is 378 g/mol. The molecule has 0 aliphatic carbocycles. The van der Waals surface area contributed by atoms with Gasteiger partial charge in [-0.25, -0.2) is 0 Å². The van der Waals surface area contributed by atoms with Crippen molar-refractivity contribution in [2.24, 2.45) is 0 Å². The predicted octanol–water partition coefficient (Wildman–Crippen LogP) is 3.24. The van der Waals surface area contributed by atoms with Gasteiger partial charge in [0.05, 0.1) is 13.3 Å². The Morgan fingerprint density at radius 3 is 2.75 bits per heavy atom. The van der Waals surface area contributed by atoms with Crippen molar-refractivity contribution in [1.82, 2.24) is 15.2 Å². The van der Waals surface area contributed by atoms with Gasteiger partial charge in [0.25, 0.3) is 0 Å². The maximum absolute atomic E-state index is 11.2. The molecule has 0 aliphatic heterocycles. The van der Waals surface area contributed by atoms with E-state index in [2.05, 4.69) is 31.1 Å². The third-order valence-corrected chi connectivity index (χ3v) is 3.88. The molecule has 8 heteroatoms. The fourth-order valence-corrected chi connectivity index (χ4v) is 2.68. The monoisotopic (exact) mass is 378 g/mol. The van der Waals surface area contributed by atoms with Crippen LogP contribution in [0.3, 0.4) is 0 Å². The van der Waals surface area contributed by atoms with E-state index in [-0.39, 0.29) is 5.91 Å². The van der Waals surface area contributed by atoms with Crippen molar-refractivity contribution in [2.75, 3.05) is 29.6 Å². The molecule has 0 bridgehead atoms. The SMILES string of the molecule is COc1ccccc1CCNc1nncc(Nc2cccc(NC(C)=O)c2)n1. The van der Waals surface area contributed by atoms with Crippen molar-refractivity contribution in [2.45, 2.75) is 13.3 Å². The molecule has 0 saturated heterocycles. The summed E-state index contributed by atoms with van der Waals surface area (Å²) >= 11 is 0. The number of hydrogen-bond donors (Lipinski definition) is 3. The topological polar surface area (TPSA) is 101 Å². The first-order chi connectivity index (χ1) is 13.6. The number of amides is 1. The molecule has 144 valence electrons. The number of hydrogen-bond acceptors (Lipinski definition) is 7. The number of aromatic nitrogens is 3. The third kappa shape index (κ3) is 5.41. The Hall–Kier alpha value is -3.68. The lowest BCUT2D eigenvalue weighted by Crippen LogP contribution is -2.10. The molecule has 8 nitrogen and oxygen atoms in total. The zero-order chi connectivity index (χ0) is 19.8. The summed E-state index contributed by atoms with van der Waals surface area (Å²) in [6.07, 6.45) is 2.31. The van der Waals surface area contributed by atoms with Gasteiger partial charge in [-0.3, -0.25) is 4.79 Å². The molecule has 3 aromatic rings. The van der Waals surface area contributed by atoms with Crippen molar-refractivity contribution in [3.63, 3.8) is 0 Å². The van der Waals surface area contributed by atoms with E-state index in [1.54, 1.807) is 7.11 Å². The molecular formula is C20H22N6O2. The van der Waals surface area contributed by atoms with E-state index >= 15 is 0 Å². The molecule has 1 heterocycles. The highest BCUT2D eigenvalue weighted by atomic mass is 16.5. The first-order valence-corrected chi connectivity index (χ1v) is 8.84. The van der Waals surface area contributed by atoms with Gasteiger partial charge in [-0.2, -0.15) is 10.1 Å². The van der Waals surface area contributed by atoms with Crippen LogP contribution in [0.2, 0.25) is 0 Å². The van der Waals surface area contributed by atoms with Crippen molar-refractivity contribution in [3.05, 3.63) is 60.3 Å². The Labute approximate surface area is 163 Å². The van der Waals surface area contributed by atoms with Crippen molar-refractivity contribution in [1.29, 1.82) is 0 Å². The summed E-state index contributed by atoms with van der Waals surface area (Å²) in [5.74, 6) is 1.72. The van der Waals surface area contributed by atoms with Crippen LogP contribution in [0, 0.1) is 0 Å². The van der Waals surface area contributed by atoms with E-state index < -0.39 is 0 Å². The van der Waals surface area contributed by atoms with Crippen molar-refractivity contribution in [3.8, 4) is 5.75 Å². The second-order valence-electron chi connectivity index (χ2n) is 6.04. The molecule has 0 spiro atoms. The fourth-order valence-electron chi connectivity index (χ4n) is 2.68. The summed E-state index contributed by atoms with van der Waals surface area (Å²) in [6.45, 7) is 2.11. The first-order valence-electron chi connectivity index (χ1n) is 8.84. The smallest absolute Gasteiger partial charge is 0.244 e. The van der Waals surface area contributed by atoms with E-state index in [0.29, 0.717) is 24.0 Å². The second kappa shape index (κ2) is 9.31. The minimum atomic E-state index is -0.123. The Morgan fingerprint density at radius 1 is 1.11 bits per heavy atom. The molecule has 3 N–H and O–H groups in total. The molecule has 3 rings (SSSR count). The second-order valence-corrected chi connectivity index (χ2v) is 6.04. The van der Waals surface area contributed by atoms with Crippen LogP contribution in [0.5, 0.6) is 5.75 Å². The fraction of sp³-hybridized carbons (Fsp3) is 0.200. The number of carbonyl (C=O) groups excluding carboxylic acids is 1. The number of benzene rings is 2. The highest BCUT2D eigenvalue weighted by Crippen LogP contribution is 2.20. The lowest BCUT2D eigenvalue weighted by atomic mass is 10.1. The number of nitrogens with one attached hydrogen (secondary N) is 3. The van der Waals surface area contributed by atoms with E-state index in [4.69, 9.17) is 4.74 Å². The molecule has 2 aromatic carbocycles. The van der Waals surface area contributed by atoms with Crippen LogP contribution in [0.15, 0.2) is 54.7 Å². The van der Waals surface area contributed by atoms with Crippen LogP contribution < -0.4 is 20.7 Å². The molecule has 1 amide bonds. The Kier molecular flexibility index (Phi) is 6.35. The third-order valence-electron chi connectivity index (χ3n) is 3.88. The normalized spacial score (nSPS) is 10.2. The standard InChI is InChI=1S/C20H22N6O2/c1-14(27)23-16-7-5-8-17(12-16)24-19-13-22-26-20(25-19)21-11-10-15-6-3-4-9-18(15)28-2/h3-9,12-13H,10-11H2,1-2H3,(H,23,27)(H2,21,24,25,26). The quantitative estimate of drug-likeness (QED) is 0.553. The Morgan fingerprint density at radius 2 is 1.93 bits per heavy atom. The molecule has 0 atom stereocenters. The van der Waals surface area contributed by atoms with E-state index in [0.717, 1.165) is 23.4 Å². The molecule has 28 heavy (non-hydrogen) atoms. The maximum atomic E-state index is 11.2. The number of carbonyl (C=O) groups is 1. The van der Waals surface area contributed by atoms with E-state index in [1.807, 2.05) is 48.5 Å². The summed E-state index contributed by atoms with van der Waals surface area (Å²) < 4.78 is 5.36. The number of nitrogens with zero attached hydrogens (tertiary/aromatic N) is 3. The predicted molar refractivity (Wildman–Crippen MR) is 109 cm³/mol. The van der Waals surface area contributed by atoms with Gasteiger partial charge in [0.2, 0.25) is 11.9 Å². The molecule has 0 saturated carbocycles. The van der Waals surface area contributed by atoms with Crippen LogP contribution in [0.4, 0.5) is 23.1 Å². The molecule has 1 aromatic heterocycles. The number of rotatable bonds is 8. The minimum absolute atomic E-state index is 0.123. The summed E-state index contributed by atoms with van der Waals surface area (Å²) in [7, 11) is 1.66. The van der Waals surface area contributed by atoms with Gasteiger partial charge >= 0.3 is 0 Å². The number of para-hydroxylation sites is 1. The van der Waals surface area contributed by atoms with Gasteiger partial charge in [-0.05, 0) is 36.2 Å². The van der Waals surface area contributed by atoms with Crippen molar-refractivity contribution >= 4 is 29.0 Å². The Balaban J connectivity index is 1.60. The lowest BCUT2D eigenvalue weighted by Gasteiger charge is -2.10. The zero-order valence-corrected chi connectivity index (χ0v) is 15.8. The zero-order valence-electron chi connectivity index (χ0n) is 15.8. The van der Waals surface area contributed by atoms with Crippen LogP contribution in [0.25, 0.3) is 0 Å². The van der Waals surface area contributed by atoms with Crippen LogP contribution in [0.1, 0.15) is 12.5 Å². The highest BCUT2D eigenvalue weighted by Gasteiger charge is 2.05. The van der Waals surface area contributed by atoms with E-state index in [9.17, 15) is 4.79 Å². The van der Waals surface area contributed by atoms with Crippen LogP contribution >= 0.6 is 0 Å². The molecule has 0 unspecified atom stereocenters. The van der Waals surface area contributed by atoms with Gasteiger partial charge in [-0.1, -0.05) is 24.3 Å². The summed E-state index contributed by atoms with van der Waals surface area (Å²) in [5.41, 5.74) is 2.59. The molecule has 0 radical (unpaired) electrons. The number of methoxy groups -OCH3 is 1. The van der Waals surface area contributed by atoms with Crippen LogP contribution in [-0.4, -0.2) is 34.7 Å². The molecule has 0 fully saturated rings. The molecule has 0 aliphatic rings. The van der Waals surface area contributed by atoms with Crippen LogP contribution in [-0.2, 0) is 11.2 Å². The largest absolute Gasteiger partial charge is 0.496 e. The Bertz CT molecular complexity index is 947. The average Bonchev–Trinajstić information content (AvgIpc) is 2.68. The molecular weight excluding hydrogens is 356 g/mol. The maximum Gasteiger partial charge on any atom is 0.244 e. The van der Waals surface area contributed by atoms with Gasteiger partial charge in [0, 0.05) is 24.8 Å². The van der Waals surface area contributed by atoms with Gasteiger partial charge < -0.3 is 20.7 Å². The highest BCUT2D eigenvalue weighted by molar-refractivity contribution is 5.89. The summed E-state index contributed by atoms with van der Waals surface area (Å²) in [5, 5.41) is 17.1.